The molecule has 0 radical (unpaired) electrons. The number of hydrogen-bond acceptors (Lipinski definition) is 7. The fourth-order valence-corrected chi connectivity index (χ4v) is 4.80. The minimum Gasteiger partial charge on any atom is -0.493 e. The van der Waals surface area contributed by atoms with Crippen LogP contribution in [0.3, 0.4) is 0 Å². The second kappa shape index (κ2) is 8.45. The van der Waals surface area contributed by atoms with E-state index in [2.05, 4.69) is 4.99 Å². The molecule has 2 aromatic carbocycles. The number of nitrogens with one attached hydrogen (secondary N) is 1. The Kier molecular flexibility index (Phi) is 5.85. The van der Waals surface area contributed by atoms with Crippen LogP contribution in [-0.2, 0) is 14.9 Å². The third-order valence-electron chi connectivity index (χ3n) is 4.48. The molecule has 0 atom stereocenters. The minimum atomic E-state index is -3.83. The first-order valence-corrected chi connectivity index (χ1v) is 12.2. The summed E-state index contributed by atoms with van der Waals surface area (Å²) in [5.74, 6) is -0.695. The summed E-state index contributed by atoms with van der Waals surface area (Å²) in [5, 5.41) is 10.9. The van der Waals surface area contributed by atoms with Gasteiger partial charge in [0.15, 0.2) is 10.9 Å². The van der Waals surface area contributed by atoms with Gasteiger partial charge in [-0.05, 0) is 29.3 Å². The molecule has 2 aliphatic rings. The van der Waals surface area contributed by atoms with Gasteiger partial charge in [0.25, 0.3) is 5.91 Å². The van der Waals surface area contributed by atoms with Crippen LogP contribution in [0.5, 0.6) is 11.5 Å². The van der Waals surface area contributed by atoms with Crippen LogP contribution in [-0.4, -0.2) is 43.6 Å². The van der Waals surface area contributed by atoms with E-state index in [0.717, 1.165) is 17.5 Å². The van der Waals surface area contributed by atoms with E-state index in [0.29, 0.717) is 10.7 Å². The van der Waals surface area contributed by atoms with E-state index in [9.17, 15) is 13.2 Å². The molecule has 0 unspecified atom stereocenters. The molecular formula is C21H16ClN3O5S2. The largest absolute Gasteiger partial charge is 0.493 e. The van der Waals surface area contributed by atoms with Crippen molar-refractivity contribution in [1.82, 2.24) is 4.90 Å². The predicted octanol–water partition coefficient (Wildman–Crippen LogP) is 3.99. The highest BCUT2D eigenvalue weighted by molar-refractivity contribution is 8.17. The maximum Gasteiger partial charge on any atom is 0.306 e. The van der Waals surface area contributed by atoms with Crippen LogP contribution in [0.4, 0.5) is 0 Å². The number of hydrogen-bond donors (Lipinski definition) is 1. The fourth-order valence-electron chi connectivity index (χ4n) is 3.14. The average Bonchev–Trinajstić information content (AvgIpc) is 3.16. The number of amidine groups is 2. The lowest BCUT2D eigenvalue weighted by atomic mass is 10.1. The normalized spacial score (nSPS) is 17.2. The molecule has 2 aliphatic heterocycles. The number of methoxy groups -OCH3 is 1. The van der Waals surface area contributed by atoms with Crippen LogP contribution in [0.2, 0.25) is 5.02 Å². The first-order valence-electron chi connectivity index (χ1n) is 9.11. The summed E-state index contributed by atoms with van der Waals surface area (Å²) in [6, 6.07) is 12.4. The third kappa shape index (κ3) is 4.29. The Morgan fingerprint density at radius 2 is 1.94 bits per heavy atom. The molecule has 1 amide bonds. The highest BCUT2D eigenvalue weighted by Crippen LogP contribution is 2.40. The van der Waals surface area contributed by atoms with Gasteiger partial charge in [-0.2, -0.15) is 13.4 Å². The van der Waals surface area contributed by atoms with Crippen LogP contribution in [0.1, 0.15) is 11.1 Å². The number of aliphatic imine (C=N–C) groups is 1. The molecule has 0 aliphatic carbocycles. The van der Waals surface area contributed by atoms with Crippen molar-refractivity contribution in [2.75, 3.05) is 13.4 Å². The first-order chi connectivity index (χ1) is 15.2. The van der Waals surface area contributed by atoms with Crippen molar-refractivity contribution in [1.29, 1.82) is 5.41 Å². The van der Waals surface area contributed by atoms with Gasteiger partial charge in [-0.3, -0.25) is 15.1 Å². The van der Waals surface area contributed by atoms with E-state index in [-0.39, 0.29) is 27.9 Å². The predicted molar refractivity (Wildman–Crippen MR) is 125 cm³/mol. The Balaban J connectivity index is 1.74. The van der Waals surface area contributed by atoms with Gasteiger partial charge in [0.05, 0.1) is 29.7 Å². The summed E-state index contributed by atoms with van der Waals surface area (Å²) < 4.78 is 33.1. The number of benzene rings is 2. The van der Waals surface area contributed by atoms with Gasteiger partial charge in [0, 0.05) is 5.41 Å². The molecule has 0 saturated carbocycles. The van der Waals surface area contributed by atoms with Gasteiger partial charge in [-0.15, -0.1) is 0 Å². The maximum absolute atomic E-state index is 12.7. The van der Waals surface area contributed by atoms with Crippen molar-refractivity contribution in [3.63, 3.8) is 0 Å². The molecule has 0 bridgehead atoms. The molecule has 11 heteroatoms. The summed E-state index contributed by atoms with van der Waals surface area (Å²) in [6.07, 6.45) is 2.34. The smallest absolute Gasteiger partial charge is 0.306 e. The number of carbonyl (C=O) groups excluding carboxylic acids is 1. The molecule has 4 rings (SSSR count). The minimum absolute atomic E-state index is 0.0257. The van der Waals surface area contributed by atoms with Crippen molar-refractivity contribution in [2.45, 2.75) is 0 Å². The molecule has 0 fully saturated rings. The standard InChI is InChI=1S/C21H16ClN3O5S2/c1-29-17-10-12(9-15(22)18(17)30-32(2,27)28)8-14-19(23)25-16(13-6-4-3-5-7-13)11-31-21(25)24-20(14)26/h3-11,23H,1-2H3/b14-8-,23-19?. The number of rotatable bonds is 5. The monoisotopic (exact) mass is 489 g/mol. The van der Waals surface area contributed by atoms with Crippen LogP contribution in [0.25, 0.3) is 11.8 Å². The second-order valence-corrected chi connectivity index (χ2v) is 9.57. The summed E-state index contributed by atoms with van der Waals surface area (Å²) in [7, 11) is -2.50. The van der Waals surface area contributed by atoms with Gasteiger partial charge in [-0.25, -0.2) is 0 Å². The second-order valence-electron chi connectivity index (χ2n) is 6.75. The van der Waals surface area contributed by atoms with Crippen molar-refractivity contribution >= 4 is 62.2 Å². The van der Waals surface area contributed by atoms with E-state index in [4.69, 9.17) is 25.9 Å². The van der Waals surface area contributed by atoms with Gasteiger partial charge >= 0.3 is 10.1 Å². The zero-order valence-corrected chi connectivity index (χ0v) is 19.2. The van der Waals surface area contributed by atoms with Gasteiger partial charge in [-0.1, -0.05) is 53.7 Å². The summed E-state index contributed by atoms with van der Waals surface area (Å²) in [4.78, 5) is 18.4. The van der Waals surface area contributed by atoms with Crippen LogP contribution in [0, 0.1) is 5.41 Å². The molecule has 2 aromatic rings. The zero-order chi connectivity index (χ0) is 23.0. The quantitative estimate of drug-likeness (QED) is 0.499. The van der Waals surface area contributed by atoms with Crippen molar-refractivity contribution < 1.29 is 22.1 Å². The Morgan fingerprint density at radius 1 is 1.22 bits per heavy atom. The number of fused-ring (bicyclic) bond motifs is 1. The van der Waals surface area contributed by atoms with Crippen molar-refractivity contribution in [3.8, 4) is 11.5 Å². The van der Waals surface area contributed by atoms with E-state index in [1.54, 1.807) is 4.90 Å². The Hall–Kier alpha value is -3.08. The Morgan fingerprint density at radius 3 is 2.59 bits per heavy atom. The molecule has 164 valence electrons. The Bertz CT molecular complexity index is 1330. The third-order valence-corrected chi connectivity index (χ3v) is 6.06. The number of ether oxygens (including phenoxy) is 1. The van der Waals surface area contributed by atoms with E-state index in [1.165, 1.54) is 37.1 Å². The molecule has 0 aromatic heterocycles. The van der Waals surface area contributed by atoms with Gasteiger partial charge in [0.2, 0.25) is 5.75 Å². The molecule has 0 spiro atoms. The zero-order valence-electron chi connectivity index (χ0n) is 16.8. The highest BCUT2D eigenvalue weighted by Gasteiger charge is 2.36. The lowest BCUT2D eigenvalue weighted by molar-refractivity contribution is -0.114. The number of nitrogens with zero attached hydrogens (tertiary/aromatic N) is 2. The van der Waals surface area contributed by atoms with Crippen LogP contribution >= 0.6 is 23.4 Å². The fraction of sp³-hybridized carbons (Fsp3) is 0.0952. The molecule has 2 heterocycles. The molecule has 1 N–H and O–H groups in total. The molecular weight excluding hydrogens is 474 g/mol. The lowest BCUT2D eigenvalue weighted by Gasteiger charge is -2.27. The number of thioether (sulfide) groups is 1. The average molecular weight is 490 g/mol. The van der Waals surface area contributed by atoms with Crippen molar-refractivity contribution in [3.05, 3.63) is 69.6 Å². The number of halogens is 1. The van der Waals surface area contributed by atoms with E-state index in [1.807, 2.05) is 35.7 Å². The topological polar surface area (TPSA) is 109 Å². The summed E-state index contributed by atoms with van der Waals surface area (Å²) in [5.41, 5.74) is 2.09. The van der Waals surface area contributed by atoms with Crippen LogP contribution in [0.15, 0.2) is 58.4 Å². The van der Waals surface area contributed by atoms with Crippen molar-refractivity contribution in [2.24, 2.45) is 4.99 Å². The summed E-state index contributed by atoms with van der Waals surface area (Å²) >= 11 is 7.49. The number of carbonyl (C=O) groups is 1. The molecule has 8 nitrogen and oxygen atoms in total. The lowest BCUT2D eigenvalue weighted by Crippen LogP contribution is -2.38. The van der Waals surface area contributed by atoms with Gasteiger partial charge in [0.1, 0.15) is 5.84 Å². The SMILES string of the molecule is COc1cc(/C=C2/C(=N)N3C(c4ccccc4)=CSC3=NC2=O)cc(Cl)c1OS(C)(=O)=O. The van der Waals surface area contributed by atoms with E-state index < -0.39 is 16.0 Å². The highest BCUT2D eigenvalue weighted by atomic mass is 35.5. The molecule has 0 saturated heterocycles. The number of amides is 1. The van der Waals surface area contributed by atoms with Crippen LogP contribution < -0.4 is 8.92 Å². The Labute approximate surface area is 193 Å². The first kappa shape index (κ1) is 22.1. The maximum atomic E-state index is 12.7. The van der Waals surface area contributed by atoms with Gasteiger partial charge < -0.3 is 8.92 Å². The molecule has 32 heavy (non-hydrogen) atoms. The summed E-state index contributed by atoms with van der Waals surface area (Å²) in [6.45, 7) is 0. The van der Waals surface area contributed by atoms with E-state index >= 15 is 0 Å².